The second-order valence-electron chi connectivity index (χ2n) is 5.07. The van der Waals surface area contributed by atoms with E-state index in [1.807, 2.05) is 0 Å². The summed E-state index contributed by atoms with van der Waals surface area (Å²) < 4.78 is 33.7. The number of nitrogens with zero attached hydrogens (tertiary/aromatic N) is 2. The van der Waals surface area contributed by atoms with Crippen LogP contribution < -0.4 is 5.32 Å². The van der Waals surface area contributed by atoms with Crippen molar-refractivity contribution in [1.29, 1.82) is 0 Å². The van der Waals surface area contributed by atoms with Gasteiger partial charge < -0.3 is 10.1 Å². The number of hydrogen-bond acceptors (Lipinski definition) is 4. The Kier molecular flexibility index (Phi) is 4.42. The summed E-state index contributed by atoms with van der Waals surface area (Å²) in [5, 5.41) is 6.42. The van der Waals surface area contributed by atoms with Crippen LogP contribution in [0.25, 0.3) is 5.52 Å². The number of rotatable bonds is 4. The van der Waals surface area contributed by atoms with Crippen LogP contribution in [-0.2, 0) is 4.74 Å². The number of fused-ring (bicyclic) bond motifs is 1. The zero-order valence-corrected chi connectivity index (χ0v) is 13.1. The highest BCUT2D eigenvalue weighted by Crippen LogP contribution is 2.19. The standard InChI is InChI=1S/C17H13F2N3O3/c1-2-25-17(24)11-9-20-22-7-6-10(8-14(11)22)21-16(23)15-12(18)4-3-5-13(15)19/h3-9H,2H2,1H3,(H,21,23). The third kappa shape index (κ3) is 3.18. The number of aromatic nitrogens is 2. The molecule has 0 fully saturated rings. The van der Waals surface area contributed by atoms with Crippen LogP contribution in [-0.4, -0.2) is 28.1 Å². The highest BCUT2D eigenvalue weighted by atomic mass is 19.1. The smallest absolute Gasteiger partial charge is 0.341 e. The molecule has 128 valence electrons. The molecule has 6 nitrogen and oxygen atoms in total. The van der Waals surface area contributed by atoms with Crippen molar-refractivity contribution in [3.8, 4) is 0 Å². The molecule has 0 aliphatic carbocycles. The molecule has 0 spiro atoms. The number of benzene rings is 1. The van der Waals surface area contributed by atoms with Crippen molar-refractivity contribution in [3.63, 3.8) is 0 Å². The molecule has 0 saturated heterocycles. The molecule has 0 unspecified atom stereocenters. The summed E-state index contributed by atoms with van der Waals surface area (Å²) in [6, 6.07) is 6.13. The minimum atomic E-state index is -0.963. The lowest BCUT2D eigenvalue weighted by molar-refractivity contribution is 0.0528. The molecule has 3 rings (SSSR count). The lowest BCUT2D eigenvalue weighted by Gasteiger charge is -2.08. The fourth-order valence-corrected chi connectivity index (χ4v) is 2.33. The number of amides is 1. The Morgan fingerprint density at radius 2 is 1.96 bits per heavy atom. The lowest BCUT2D eigenvalue weighted by atomic mass is 10.1. The Labute approximate surface area is 141 Å². The van der Waals surface area contributed by atoms with Crippen molar-refractivity contribution in [3.05, 3.63) is 65.5 Å². The van der Waals surface area contributed by atoms with Gasteiger partial charge >= 0.3 is 5.97 Å². The third-order valence-electron chi connectivity index (χ3n) is 3.46. The van der Waals surface area contributed by atoms with Gasteiger partial charge in [0.25, 0.3) is 5.91 Å². The molecule has 0 aliphatic rings. The maximum atomic E-state index is 13.7. The number of anilines is 1. The Morgan fingerprint density at radius 3 is 2.64 bits per heavy atom. The van der Waals surface area contributed by atoms with Crippen LogP contribution in [0.4, 0.5) is 14.5 Å². The van der Waals surface area contributed by atoms with E-state index in [9.17, 15) is 18.4 Å². The van der Waals surface area contributed by atoms with Crippen LogP contribution in [0.15, 0.2) is 42.7 Å². The van der Waals surface area contributed by atoms with E-state index in [0.29, 0.717) is 5.52 Å². The lowest BCUT2D eigenvalue weighted by Crippen LogP contribution is -2.16. The van der Waals surface area contributed by atoms with Crippen LogP contribution in [0.3, 0.4) is 0 Å². The number of hydrogen-bond donors (Lipinski definition) is 1. The summed E-state index contributed by atoms with van der Waals surface area (Å²) in [6.45, 7) is 1.89. The molecule has 8 heteroatoms. The molecule has 2 heterocycles. The minimum absolute atomic E-state index is 0.208. The molecular weight excluding hydrogens is 332 g/mol. The van der Waals surface area contributed by atoms with Gasteiger partial charge in [0.2, 0.25) is 0 Å². The van der Waals surface area contributed by atoms with Crippen LogP contribution in [0.2, 0.25) is 0 Å². The van der Waals surface area contributed by atoms with E-state index >= 15 is 0 Å². The molecule has 25 heavy (non-hydrogen) atoms. The van der Waals surface area contributed by atoms with Crippen molar-refractivity contribution >= 4 is 23.1 Å². The fourth-order valence-electron chi connectivity index (χ4n) is 2.33. The maximum absolute atomic E-state index is 13.7. The maximum Gasteiger partial charge on any atom is 0.341 e. The van der Waals surface area contributed by atoms with Gasteiger partial charge in [0.05, 0.1) is 18.3 Å². The molecule has 1 aromatic carbocycles. The van der Waals surface area contributed by atoms with Crippen LogP contribution >= 0.6 is 0 Å². The van der Waals surface area contributed by atoms with E-state index in [1.165, 1.54) is 35.1 Å². The number of carbonyl (C=O) groups is 2. The Hall–Kier alpha value is -3.29. The summed E-state index contributed by atoms with van der Waals surface area (Å²) in [4.78, 5) is 24.0. The van der Waals surface area contributed by atoms with Gasteiger partial charge in [-0.15, -0.1) is 0 Å². The second kappa shape index (κ2) is 6.68. The Bertz CT molecular complexity index is 949. The molecular formula is C17H13F2N3O3. The summed E-state index contributed by atoms with van der Waals surface area (Å²) in [5.41, 5.74) is 0.188. The minimum Gasteiger partial charge on any atom is -0.462 e. The molecule has 1 N–H and O–H groups in total. The number of ether oxygens (including phenoxy) is 1. The van der Waals surface area contributed by atoms with Gasteiger partial charge in [-0.1, -0.05) is 6.07 Å². The van der Waals surface area contributed by atoms with Crippen LogP contribution in [0.5, 0.6) is 0 Å². The van der Waals surface area contributed by atoms with E-state index in [2.05, 4.69) is 10.4 Å². The zero-order chi connectivity index (χ0) is 18.0. The topological polar surface area (TPSA) is 72.7 Å². The number of nitrogens with one attached hydrogen (secondary N) is 1. The third-order valence-corrected chi connectivity index (χ3v) is 3.46. The number of carbonyl (C=O) groups excluding carboxylic acids is 2. The second-order valence-corrected chi connectivity index (χ2v) is 5.07. The average molecular weight is 345 g/mol. The van der Waals surface area contributed by atoms with E-state index in [0.717, 1.165) is 12.1 Å². The zero-order valence-electron chi connectivity index (χ0n) is 13.1. The van der Waals surface area contributed by atoms with Gasteiger partial charge in [-0.25, -0.2) is 18.1 Å². The van der Waals surface area contributed by atoms with Gasteiger partial charge in [-0.3, -0.25) is 4.79 Å². The normalized spacial score (nSPS) is 10.7. The van der Waals surface area contributed by atoms with Gasteiger partial charge in [-0.2, -0.15) is 5.10 Å². The molecule has 0 atom stereocenters. The quantitative estimate of drug-likeness (QED) is 0.738. The van der Waals surface area contributed by atoms with Crippen molar-refractivity contribution in [1.82, 2.24) is 9.61 Å². The molecule has 2 aromatic heterocycles. The predicted molar refractivity (Wildman–Crippen MR) is 85.5 cm³/mol. The Morgan fingerprint density at radius 1 is 1.24 bits per heavy atom. The highest BCUT2D eigenvalue weighted by molar-refractivity contribution is 6.05. The molecule has 0 aliphatic heterocycles. The summed E-state index contributed by atoms with van der Waals surface area (Å²) in [7, 11) is 0. The van der Waals surface area contributed by atoms with Crippen LogP contribution in [0.1, 0.15) is 27.6 Å². The van der Waals surface area contributed by atoms with Gasteiger partial charge in [0.15, 0.2) is 0 Å². The van der Waals surface area contributed by atoms with Crippen molar-refractivity contribution in [2.45, 2.75) is 6.92 Å². The Balaban J connectivity index is 1.93. The average Bonchev–Trinajstić information content (AvgIpc) is 2.98. The van der Waals surface area contributed by atoms with Crippen molar-refractivity contribution < 1.29 is 23.1 Å². The van der Waals surface area contributed by atoms with Gasteiger partial charge in [0.1, 0.15) is 22.8 Å². The fraction of sp³-hybridized carbons (Fsp3) is 0.118. The SMILES string of the molecule is CCOC(=O)c1cnn2ccc(NC(=O)c3c(F)cccc3F)cc12. The summed E-state index contributed by atoms with van der Waals surface area (Å²) >= 11 is 0. The monoisotopic (exact) mass is 345 g/mol. The molecule has 0 saturated carbocycles. The number of halogens is 2. The first kappa shape index (κ1) is 16.6. The first-order chi connectivity index (χ1) is 12.0. The first-order valence-corrected chi connectivity index (χ1v) is 7.41. The molecule has 0 radical (unpaired) electrons. The van der Waals surface area contributed by atoms with Gasteiger partial charge in [0, 0.05) is 11.9 Å². The predicted octanol–water partition coefficient (Wildman–Crippen LogP) is 3.04. The molecule has 0 bridgehead atoms. The van der Waals surface area contributed by atoms with Gasteiger partial charge in [-0.05, 0) is 31.2 Å². The van der Waals surface area contributed by atoms with Crippen molar-refractivity contribution in [2.24, 2.45) is 0 Å². The number of esters is 1. The number of pyridine rings is 1. The van der Waals surface area contributed by atoms with E-state index < -0.39 is 29.1 Å². The van der Waals surface area contributed by atoms with Crippen LogP contribution in [0, 0.1) is 11.6 Å². The summed E-state index contributed by atoms with van der Waals surface area (Å²) in [6.07, 6.45) is 2.85. The van der Waals surface area contributed by atoms with E-state index in [1.54, 1.807) is 6.92 Å². The molecule has 3 aromatic rings. The first-order valence-electron chi connectivity index (χ1n) is 7.41. The van der Waals surface area contributed by atoms with E-state index in [-0.39, 0.29) is 17.9 Å². The largest absolute Gasteiger partial charge is 0.462 e. The summed E-state index contributed by atoms with van der Waals surface area (Å²) in [5.74, 6) is -3.41. The molecule has 1 amide bonds. The van der Waals surface area contributed by atoms with E-state index in [4.69, 9.17) is 4.74 Å². The van der Waals surface area contributed by atoms with Crippen molar-refractivity contribution in [2.75, 3.05) is 11.9 Å². The highest BCUT2D eigenvalue weighted by Gasteiger charge is 2.18.